The second kappa shape index (κ2) is 4.69. The van der Waals surface area contributed by atoms with Crippen LogP contribution in [0.25, 0.3) is 0 Å². The summed E-state index contributed by atoms with van der Waals surface area (Å²) in [5.74, 6) is -0.880. The number of nitrogen functional groups attached to an aromatic ring is 1. The minimum atomic E-state index is -2.86. The van der Waals surface area contributed by atoms with Gasteiger partial charge in [0.2, 0.25) is 0 Å². The first-order valence-corrected chi connectivity index (χ1v) is 4.87. The van der Waals surface area contributed by atoms with Gasteiger partial charge < -0.3 is 10.5 Å². The Hall–Kier alpha value is -0.990. The predicted molar refractivity (Wildman–Crippen MR) is 57.7 cm³/mol. The minimum absolute atomic E-state index is 0.0291. The molecule has 0 saturated heterocycles. The van der Waals surface area contributed by atoms with E-state index >= 15 is 0 Å². The van der Waals surface area contributed by atoms with Gasteiger partial charge in [-0.15, -0.1) is 0 Å². The lowest BCUT2D eigenvalue weighted by Crippen LogP contribution is -2.10. The Balaban J connectivity index is 3.34. The zero-order valence-electron chi connectivity index (χ0n) is 7.63. The van der Waals surface area contributed by atoms with Gasteiger partial charge in [-0.25, -0.2) is 18.6 Å². The first-order chi connectivity index (χ1) is 6.97. The summed E-state index contributed by atoms with van der Waals surface area (Å²) < 4.78 is 29.8. The molecule has 0 radical (unpaired) electrons. The highest BCUT2D eigenvalue weighted by Gasteiger charge is 2.22. The fourth-order valence-electron chi connectivity index (χ4n) is 0.958. The summed E-state index contributed by atoms with van der Waals surface area (Å²) in [6, 6.07) is 1.23. The van der Waals surface area contributed by atoms with E-state index in [2.05, 4.69) is 9.72 Å². The quantitative estimate of drug-likeness (QED) is 0.666. The monoisotopic (exact) mass is 328 g/mol. The number of aromatic nitrogens is 1. The van der Waals surface area contributed by atoms with Crippen LogP contribution in [-0.4, -0.2) is 18.1 Å². The third-order valence-electron chi connectivity index (χ3n) is 1.64. The van der Waals surface area contributed by atoms with Gasteiger partial charge in [-0.3, -0.25) is 0 Å². The van der Waals surface area contributed by atoms with Gasteiger partial charge in [0.15, 0.2) is 0 Å². The molecule has 0 fully saturated rings. The van der Waals surface area contributed by atoms with Crippen molar-refractivity contribution in [3.05, 3.63) is 20.9 Å². The molecule has 15 heavy (non-hydrogen) atoms. The van der Waals surface area contributed by atoms with Crippen molar-refractivity contribution in [1.29, 1.82) is 0 Å². The fourth-order valence-corrected chi connectivity index (χ4v) is 1.39. The van der Waals surface area contributed by atoms with Gasteiger partial charge in [-0.2, -0.15) is 0 Å². The molecule has 4 nitrogen and oxygen atoms in total. The van der Waals surface area contributed by atoms with Crippen LogP contribution in [0.2, 0.25) is 0 Å². The topological polar surface area (TPSA) is 65.2 Å². The van der Waals surface area contributed by atoms with Crippen molar-refractivity contribution in [2.75, 3.05) is 12.8 Å². The Labute approximate surface area is 98.0 Å². The molecule has 0 saturated carbocycles. The van der Waals surface area contributed by atoms with E-state index in [1.807, 2.05) is 0 Å². The summed E-state index contributed by atoms with van der Waals surface area (Å²) in [6.07, 6.45) is -2.86. The highest BCUT2D eigenvalue weighted by atomic mass is 127. The van der Waals surface area contributed by atoms with E-state index in [0.29, 0.717) is 3.57 Å². The van der Waals surface area contributed by atoms with E-state index in [1.54, 1.807) is 22.6 Å². The van der Waals surface area contributed by atoms with Crippen LogP contribution in [0.1, 0.15) is 22.5 Å². The highest BCUT2D eigenvalue weighted by Crippen LogP contribution is 2.25. The fraction of sp³-hybridized carbons (Fsp3) is 0.250. The summed E-state index contributed by atoms with van der Waals surface area (Å²) in [7, 11) is 1.11. The molecule has 82 valence electrons. The number of anilines is 1. The molecule has 0 aromatic carbocycles. The summed E-state index contributed by atoms with van der Waals surface area (Å²) >= 11 is 1.80. The second-order valence-corrected chi connectivity index (χ2v) is 3.74. The molecule has 0 aliphatic rings. The van der Waals surface area contributed by atoms with Crippen molar-refractivity contribution >= 4 is 34.4 Å². The molecule has 1 rings (SSSR count). The lowest BCUT2D eigenvalue weighted by Gasteiger charge is -2.08. The second-order valence-electron chi connectivity index (χ2n) is 2.58. The van der Waals surface area contributed by atoms with Crippen molar-refractivity contribution in [3.8, 4) is 0 Å². The Morgan fingerprint density at radius 1 is 1.67 bits per heavy atom. The molecule has 0 spiro atoms. The number of carbonyl (C=O) groups is 1. The molecule has 0 amide bonds. The number of halogens is 3. The SMILES string of the molecule is COC(=O)c1cc(I)c(N)nc1C(F)F. The summed E-state index contributed by atoms with van der Waals surface area (Å²) in [6.45, 7) is 0. The molecular weight excluding hydrogens is 321 g/mol. The largest absolute Gasteiger partial charge is 0.465 e. The number of carbonyl (C=O) groups excluding carboxylic acids is 1. The molecule has 7 heteroatoms. The number of nitrogens with zero attached hydrogens (tertiary/aromatic N) is 1. The number of nitrogens with two attached hydrogens (primary N) is 1. The maximum atomic E-state index is 12.5. The molecule has 1 aromatic rings. The van der Waals surface area contributed by atoms with E-state index in [9.17, 15) is 13.6 Å². The van der Waals surface area contributed by atoms with E-state index in [-0.39, 0.29) is 11.4 Å². The van der Waals surface area contributed by atoms with E-state index in [0.717, 1.165) is 7.11 Å². The summed E-state index contributed by atoms with van der Waals surface area (Å²) in [5, 5.41) is 0. The van der Waals surface area contributed by atoms with Crippen LogP contribution in [0.3, 0.4) is 0 Å². The van der Waals surface area contributed by atoms with Gasteiger partial charge in [0.05, 0.1) is 16.2 Å². The lowest BCUT2D eigenvalue weighted by atomic mass is 10.2. The molecular formula is C8H7F2IN2O2. The van der Waals surface area contributed by atoms with Gasteiger partial charge >= 0.3 is 5.97 Å². The number of ether oxygens (including phenoxy) is 1. The van der Waals surface area contributed by atoms with E-state index in [1.165, 1.54) is 6.07 Å². The van der Waals surface area contributed by atoms with Gasteiger partial charge in [0.25, 0.3) is 6.43 Å². The van der Waals surface area contributed by atoms with Crippen molar-refractivity contribution in [3.63, 3.8) is 0 Å². The Morgan fingerprint density at radius 3 is 2.73 bits per heavy atom. The maximum absolute atomic E-state index is 12.5. The lowest BCUT2D eigenvalue weighted by molar-refractivity contribution is 0.0587. The number of alkyl halides is 2. The van der Waals surface area contributed by atoms with Gasteiger partial charge in [-0.05, 0) is 28.7 Å². The van der Waals surface area contributed by atoms with Crippen molar-refractivity contribution < 1.29 is 18.3 Å². The molecule has 0 unspecified atom stereocenters. The average Bonchev–Trinajstić information content (AvgIpc) is 2.20. The first kappa shape index (κ1) is 12.1. The van der Waals surface area contributed by atoms with Gasteiger partial charge in [0, 0.05) is 0 Å². The molecule has 1 heterocycles. The van der Waals surface area contributed by atoms with Crippen molar-refractivity contribution in [2.45, 2.75) is 6.43 Å². The number of hydrogen-bond acceptors (Lipinski definition) is 4. The van der Waals surface area contributed by atoms with Crippen LogP contribution in [0, 0.1) is 3.57 Å². The highest BCUT2D eigenvalue weighted by molar-refractivity contribution is 14.1. The average molecular weight is 328 g/mol. The first-order valence-electron chi connectivity index (χ1n) is 3.79. The molecule has 0 atom stereocenters. The van der Waals surface area contributed by atoms with E-state index < -0.39 is 18.1 Å². The molecule has 2 N–H and O–H groups in total. The van der Waals surface area contributed by atoms with Crippen LogP contribution < -0.4 is 5.73 Å². The summed E-state index contributed by atoms with van der Waals surface area (Å²) in [5.41, 5.74) is 4.45. The van der Waals surface area contributed by atoms with Crippen LogP contribution in [0.4, 0.5) is 14.6 Å². The maximum Gasteiger partial charge on any atom is 0.339 e. The predicted octanol–water partition coefficient (Wildman–Crippen LogP) is 1.99. The van der Waals surface area contributed by atoms with Crippen LogP contribution in [0.5, 0.6) is 0 Å². The number of rotatable bonds is 2. The zero-order chi connectivity index (χ0) is 11.6. The van der Waals surface area contributed by atoms with Crippen molar-refractivity contribution in [2.24, 2.45) is 0 Å². The number of esters is 1. The molecule has 0 aliphatic carbocycles. The zero-order valence-corrected chi connectivity index (χ0v) is 9.79. The van der Waals surface area contributed by atoms with Crippen LogP contribution >= 0.6 is 22.6 Å². The third kappa shape index (κ3) is 2.52. The normalized spacial score (nSPS) is 10.5. The summed E-state index contributed by atoms with van der Waals surface area (Å²) in [4.78, 5) is 14.6. The molecule has 0 bridgehead atoms. The van der Waals surface area contributed by atoms with Crippen LogP contribution in [0.15, 0.2) is 6.07 Å². The molecule has 1 aromatic heterocycles. The third-order valence-corrected chi connectivity index (χ3v) is 2.51. The number of hydrogen-bond donors (Lipinski definition) is 1. The van der Waals surface area contributed by atoms with Gasteiger partial charge in [0.1, 0.15) is 11.5 Å². The Bertz CT molecular complexity index is 398. The standard InChI is InChI=1S/C8H7F2IN2O2/c1-15-8(14)3-2-4(11)7(12)13-5(3)6(9)10/h2,6H,1H3,(H2,12,13). The minimum Gasteiger partial charge on any atom is -0.465 e. The number of methoxy groups -OCH3 is 1. The Morgan fingerprint density at radius 2 is 2.27 bits per heavy atom. The Kier molecular flexibility index (Phi) is 3.77. The van der Waals surface area contributed by atoms with Gasteiger partial charge in [-0.1, -0.05) is 0 Å². The number of pyridine rings is 1. The van der Waals surface area contributed by atoms with Crippen molar-refractivity contribution in [1.82, 2.24) is 4.98 Å². The van der Waals surface area contributed by atoms with E-state index in [4.69, 9.17) is 5.73 Å². The smallest absolute Gasteiger partial charge is 0.339 e. The van der Waals surface area contributed by atoms with Crippen LogP contribution in [-0.2, 0) is 4.74 Å². The molecule has 0 aliphatic heterocycles.